The Balaban J connectivity index is 0.000000320. The number of sulfonamides is 2. The van der Waals surface area contributed by atoms with E-state index in [0.29, 0.717) is 48.1 Å². The van der Waals surface area contributed by atoms with E-state index in [4.69, 9.17) is 65.7 Å². The Hall–Kier alpha value is -10.5. The van der Waals surface area contributed by atoms with Crippen LogP contribution in [0.25, 0.3) is 38.0 Å². The topological polar surface area (TPSA) is 414 Å². The van der Waals surface area contributed by atoms with Gasteiger partial charge in [0.15, 0.2) is 15.7 Å². The van der Waals surface area contributed by atoms with Gasteiger partial charge in [-0.3, -0.25) is 26.2 Å². The third kappa shape index (κ3) is 25.3. The first-order chi connectivity index (χ1) is 54.9. The van der Waals surface area contributed by atoms with Crippen LogP contribution in [0.15, 0.2) is 200 Å². The number of nitrogens with one attached hydrogen (secondary N) is 3. The van der Waals surface area contributed by atoms with Gasteiger partial charge < -0.3 is 54.0 Å². The number of nitrogens with zero attached hydrogens (tertiary/aromatic N) is 4. The van der Waals surface area contributed by atoms with E-state index in [0.717, 1.165) is 66.2 Å². The summed E-state index contributed by atoms with van der Waals surface area (Å²) in [6.45, 7) is 14.3. The molecule has 2 heterocycles. The van der Waals surface area contributed by atoms with Crippen molar-refractivity contribution < 1.29 is 134 Å². The van der Waals surface area contributed by atoms with Crippen molar-refractivity contribution in [2.75, 3.05) is 64.9 Å². The normalized spacial score (nSPS) is 12.0. The number of methoxy groups -OCH3 is 6. The van der Waals surface area contributed by atoms with Crippen LogP contribution in [0.2, 0.25) is 0 Å². The predicted molar refractivity (Wildman–Crippen MR) is 433 cm³/mol. The van der Waals surface area contributed by atoms with Gasteiger partial charge in [0, 0.05) is 38.5 Å². The molecule has 0 unspecified atom stereocenters. The zero-order valence-electron chi connectivity index (χ0n) is 64.8. The van der Waals surface area contributed by atoms with E-state index in [1.54, 1.807) is 86.0 Å². The summed E-state index contributed by atoms with van der Waals surface area (Å²) in [5.41, 5.74) is 9.29. The van der Waals surface area contributed by atoms with Crippen molar-refractivity contribution in [3.8, 4) is 68.9 Å². The summed E-state index contributed by atoms with van der Waals surface area (Å²) in [4.78, 5) is 1.27. The number of halogens is 9. The summed E-state index contributed by atoms with van der Waals surface area (Å²) in [6, 6.07) is 44.9. The Kier molecular flexibility index (Phi) is 37.5. The standard InChI is InChI=1S/C21H16F2N2O4S.C21H19FN4O4S.C20H24BFO5S.C8H5BrFNO.C7H2BrF2N.CH3O.H4N2.Na.H2O/c1-28-16-7-8-18(22)21(11-16)30(26,27)25-15-5-3-13(4-6-15)14-9-19(23)17(12-24)20(10-14)29-2;1-29-15-7-8-16(22)19(11-15)31(27,28)26-14-5-3-12(4-6-14)13-9-17-20(18(10-13)30-2)21(23)25-24-17;1-19(2)20(3,4)27-21(26-19)15-8-6-14(7-9-15)13-28(23,24)18-12-16(25-5)10-11-17(18)22;1-12-8-3-5(9)2-7(10)6(8)4-11;1-11-7-5(9)2-4(8)3-6(7)10;2*1-2;;/h3-11,25H,1-2H3;3-11,26H,1-2H3,(H3,23,24,25);6-12H,13H2,1-5H3;2-3H,1H3;2-3H;1H3;1-2H2;;1H2/q;;;;;-1;;+1;. The maximum atomic E-state index is 14.1. The van der Waals surface area contributed by atoms with Crippen molar-refractivity contribution in [2.24, 2.45) is 11.7 Å². The second kappa shape index (κ2) is 44.3. The fourth-order valence-electron chi connectivity index (χ4n) is 10.4. The number of sulfone groups is 1. The number of benzene rings is 10. The molecule has 0 atom stereocenters. The number of ether oxygens (including phenoxy) is 6. The van der Waals surface area contributed by atoms with E-state index >= 15 is 0 Å². The van der Waals surface area contributed by atoms with Crippen molar-refractivity contribution in [1.29, 1.82) is 10.5 Å². The van der Waals surface area contributed by atoms with Crippen molar-refractivity contribution in [1.82, 2.24) is 10.2 Å². The molecule has 1 aliphatic heterocycles. The number of anilines is 3. The summed E-state index contributed by atoms with van der Waals surface area (Å²) in [5.74, 6) is 4.06. The molecular weight excluding hydrogens is 1760 g/mol. The molecule has 618 valence electrons. The number of hydrogen-bond acceptors (Lipinski definition) is 21. The molecule has 0 amide bonds. The Bertz CT molecular complexity index is 5790. The predicted octanol–water partition coefficient (Wildman–Crippen LogP) is 10.9. The number of fused-ring (bicyclic) bond motifs is 1. The molecule has 1 aliphatic rings. The van der Waals surface area contributed by atoms with Crippen LogP contribution < -0.4 is 95.4 Å². The van der Waals surface area contributed by atoms with E-state index < -0.39 is 104 Å². The zero-order chi connectivity index (χ0) is 86.4. The largest absolute Gasteiger partial charge is 1.00 e. The molecule has 0 bridgehead atoms. The van der Waals surface area contributed by atoms with E-state index in [1.165, 1.54) is 90.1 Å². The van der Waals surface area contributed by atoms with Crippen LogP contribution in [-0.4, -0.2) is 109 Å². The Morgan fingerprint density at radius 3 is 1.30 bits per heavy atom. The molecule has 0 spiro atoms. The molecule has 11 aromatic rings. The van der Waals surface area contributed by atoms with Crippen LogP contribution in [0.4, 0.5) is 53.6 Å². The number of H-pyrrole nitrogens is 1. The molecule has 1 saturated heterocycles. The third-order valence-corrected chi connectivity index (χ3v) is 22.2. The quantitative estimate of drug-likeness (QED) is 0.0153. The fourth-order valence-corrected chi connectivity index (χ4v) is 14.9. The van der Waals surface area contributed by atoms with E-state index in [-0.39, 0.29) is 96.9 Å². The molecule has 40 heteroatoms. The minimum absolute atomic E-state index is 0. The number of rotatable bonds is 18. The van der Waals surface area contributed by atoms with Gasteiger partial charge in [-0.1, -0.05) is 80.4 Å². The zero-order valence-corrected chi connectivity index (χ0v) is 72.4. The van der Waals surface area contributed by atoms with Crippen LogP contribution >= 0.6 is 31.9 Å². The fraction of sp³-hybridized carbons (Fsp3) is 0.179. The monoisotopic (exact) mass is 1830 g/mol. The number of hydrogen-bond donors (Lipinski definition) is 6. The minimum atomic E-state index is -4.20. The number of nitriles is 2. The molecule has 118 heavy (non-hydrogen) atoms. The van der Waals surface area contributed by atoms with E-state index in [1.807, 2.05) is 39.8 Å². The summed E-state index contributed by atoms with van der Waals surface area (Å²) < 4.78 is 218. The summed E-state index contributed by atoms with van der Waals surface area (Å²) in [7, 11) is -3.60. The summed E-state index contributed by atoms with van der Waals surface area (Å²) in [5, 5.41) is 33.3. The summed E-state index contributed by atoms with van der Waals surface area (Å²) >= 11 is 5.98. The van der Waals surface area contributed by atoms with Gasteiger partial charge in [0.2, 0.25) is 0 Å². The molecule has 0 aliphatic carbocycles. The van der Waals surface area contributed by atoms with Crippen molar-refractivity contribution >= 4 is 108 Å². The Morgan fingerprint density at radius 2 is 0.890 bits per heavy atom. The van der Waals surface area contributed by atoms with Gasteiger partial charge in [-0.15, -0.1) is 0 Å². The van der Waals surface area contributed by atoms with E-state index in [9.17, 15) is 56.0 Å². The molecule has 1 fully saturated rings. The van der Waals surface area contributed by atoms with Gasteiger partial charge >= 0.3 is 36.7 Å². The van der Waals surface area contributed by atoms with Crippen LogP contribution in [-0.2, 0) is 44.9 Å². The first kappa shape index (κ1) is 99.8. The van der Waals surface area contributed by atoms with Crippen LogP contribution in [0.5, 0.6) is 34.5 Å². The second-order valence-electron chi connectivity index (χ2n) is 24.6. The molecular formula is C78H75BBr2F7N10NaO16S3. The maximum absolute atomic E-state index is 14.1. The van der Waals surface area contributed by atoms with Crippen molar-refractivity contribution in [3.63, 3.8) is 0 Å². The van der Waals surface area contributed by atoms with Crippen LogP contribution in [0.3, 0.4) is 0 Å². The number of aromatic amines is 1. The van der Waals surface area contributed by atoms with Gasteiger partial charge in [-0.25, -0.2) is 60.8 Å². The van der Waals surface area contributed by atoms with Gasteiger partial charge in [-0.2, -0.15) is 22.7 Å². The minimum Gasteiger partial charge on any atom is -0.857 e. The van der Waals surface area contributed by atoms with Crippen molar-refractivity contribution in [2.45, 2.75) is 59.3 Å². The average molecular weight is 1830 g/mol. The first-order valence-corrected chi connectivity index (χ1v) is 39.3. The van der Waals surface area contributed by atoms with Gasteiger partial charge in [-0.05, 0) is 170 Å². The number of nitrogens with two attached hydrogens (primary N) is 3. The van der Waals surface area contributed by atoms with Crippen LogP contribution in [0, 0.1) is 70.0 Å². The van der Waals surface area contributed by atoms with E-state index in [2.05, 4.69) is 68.0 Å². The number of aromatic nitrogens is 2. The SMILES string of the molecule is COc1cc(Br)cc(F)c1C#N.COc1ccc(F)c(S(=O)(=O)Cc2ccc(B3OC(C)(C)C(C)(C)O3)cc2)c1.COc1ccc(F)c(S(=O)(=O)Nc2ccc(-c3cc(F)c(C#N)c(OC)c3)cc2)c1.COc1ccc(F)c(S(=O)(=O)Nc2ccc(-c3cc(OC)c4c(N)n[nH]c4c3)cc2)c1.C[O-].NN.O.[C-]#[N+]c1c(F)cc(Br)cc1F.[Na+]. The molecule has 10 aromatic carbocycles. The first-order valence-electron chi connectivity index (χ1n) is 33.1. The van der Waals surface area contributed by atoms with Gasteiger partial charge in [0.25, 0.3) is 25.7 Å². The summed E-state index contributed by atoms with van der Waals surface area (Å²) in [6.07, 6.45) is 0. The number of hydrazine groups is 1. The Morgan fingerprint density at radius 1 is 0.517 bits per heavy atom. The van der Waals surface area contributed by atoms with Crippen molar-refractivity contribution in [3.05, 3.63) is 254 Å². The number of nitrogen functional groups attached to an aromatic ring is 1. The second-order valence-corrected chi connectivity index (χ2v) is 31.7. The smallest absolute Gasteiger partial charge is 0.857 e. The Labute approximate surface area is 715 Å². The molecule has 0 saturated carbocycles. The van der Waals surface area contributed by atoms with Gasteiger partial charge in [0.1, 0.15) is 113 Å². The molecule has 12 rings (SSSR count). The molecule has 26 nitrogen and oxygen atoms in total. The average Bonchev–Trinajstić information content (AvgIpc) is 1.62. The third-order valence-electron chi connectivity index (χ3n) is 16.8. The molecule has 1 aromatic heterocycles. The molecule has 11 N–H and O–H groups in total. The van der Waals surface area contributed by atoms with Crippen LogP contribution in [0.1, 0.15) is 44.4 Å². The maximum Gasteiger partial charge on any atom is 1.00 e. The van der Waals surface area contributed by atoms with Gasteiger partial charge in [0.05, 0.1) is 77.1 Å². The molecule has 0 radical (unpaired) electrons.